The Labute approximate surface area is 95.3 Å². The Kier molecular flexibility index (Phi) is 2.21. The second-order valence-corrected chi connectivity index (χ2v) is 4.73. The summed E-state index contributed by atoms with van der Waals surface area (Å²) in [5.74, 6) is 0.401. The first-order valence-corrected chi connectivity index (χ1v) is 5.96. The van der Waals surface area contributed by atoms with Gasteiger partial charge in [0.05, 0.1) is 17.4 Å². The van der Waals surface area contributed by atoms with Gasteiger partial charge in [0.15, 0.2) is 0 Å². The van der Waals surface area contributed by atoms with Crippen LogP contribution in [0.1, 0.15) is 37.3 Å². The lowest BCUT2D eigenvalue weighted by molar-refractivity contribution is 0.739. The van der Waals surface area contributed by atoms with Crippen LogP contribution in [-0.2, 0) is 0 Å². The zero-order valence-corrected chi connectivity index (χ0v) is 9.56. The highest BCUT2D eigenvalue weighted by atomic mass is 15.1. The molecule has 3 heteroatoms. The van der Waals surface area contributed by atoms with Crippen LogP contribution in [0.5, 0.6) is 0 Å². The summed E-state index contributed by atoms with van der Waals surface area (Å²) >= 11 is 0. The molecule has 1 aliphatic carbocycles. The third-order valence-electron chi connectivity index (χ3n) is 3.45. The van der Waals surface area contributed by atoms with Gasteiger partial charge in [0, 0.05) is 6.04 Å². The molecule has 0 saturated heterocycles. The summed E-state index contributed by atoms with van der Waals surface area (Å²) < 4.78 is 2.33. The van der Waals surface area contributed by atoms with Crippen molar-refractivity contribution in [2.24, 2.45) is 5.73 Å². The molecule has 3 nitrogen and oxygen atoms in total. The zero-order chi connectivity index (χ0) is 11.1. The molecule has 16 heavy (non-hydrogen) atoms. The van der Waals surface area contributed by atoms with Gasteiger partial charge in [-0.3, -0.25) is 0 Å². The summed E-state index contributed by atoms with van der Waals surface area (Å²) in [6.45, 7) is 2.87. The van der Waals surface area contributed by atoms with E-state index in [1.807, 2.05) is 6.33 Å². The van der Waals surface area contributed by atoms with Crippen molar-refractivity contribution in [2.75, 3.05) is 6.54 Å². The van der Waals surface area contributed by atoms with Crippen molar-refractivity contribution in [3.05, 3.63) is 30.1 Å². The topological polar surface area (TPSA) is 43.8 Å². The molecule has 1 saturated carbocycles. The van der Waals surface area contributed by atoms with E-state index in [2.05, 4.69) is 34.7 Å². The van der Waals surface area contributed by atoms with Gasteiger partial charge in [-0.25, -0.2) is 4.98 Å². The van der Waals surface area contributed by atoms with Crippen LogP contribution in [0.3, 0.4) is 0 Å². The molecule has 1 aromatic carbocycles. The Hall–Kier alpha value is -1.35. The van der Waals surface area contributed by atoms with E-state index >= 15 is 0 Å². The second kappa shape index (κ2) is 3.59. The minimum Gasteiger partial charge on any atom is -0.330 e. The minimum atomic E-state index is 0.401. The number of hydrogen-bond acceptors (Lipinski definition) is 2. The maximum Gasteiger partial charge on any atom is 0.0961 e. The van der Waals surface area contributed by atoms with Gasteiger partial charge in [-0.2, -0.15) is 0 Å². The molecule has 1 fully saturated rings. The van der Waals surface area contributed by atoms with Gasteiger partial charge in [-0.15, -0.1) is 0 Å². The van der Waals surface area contributed by atoms with Gasteiger partial charge in [0.2, 0.25) is 0 Å². The van der Waals surface area contributed by atoms with E-state index in [4.69, 9.17) is 5.73 Å². The molecule has 1 atom stereocenters. The number of imidazole rings is 1. The van der Waals surface area contributed by atoms with Gasteiger partial charge in [-0.05, 0) is 36.9 Å². The first kappa shape index (κ1) is 9.85. The molecule has 1 aliphatic rings. The number of hydrogen-bond donors (Lipinski definition) is 1. The molecule has 3 rings (SSSR count). The van der Waals surface area contributed by atoms with Crippen LogP contribution in [0.15, 0.2) is 24.5 Å². The van der Waals surface area contributed by atoms with Crippen LogP contribution in [0, 0.1) is 0 Å². The number of nitrogens with zero attached hydrogens (tertiary/aromatic N) is 2. The van der Waals surface area contributed by atoms with E-state index in [1.54, 1.807) is 0 Å². The lowest BCUT2D eigenvalue weighted by Gasteiger charge is -2.12. The molecule has 0 spiro atoms. The number of aromatic nitrogens is 2. The van der Waals surface area contributed by atoms with Crippen molar-refractivity contribution in [1.29, 1.82) is 0 Å². The summed E-state index contributed by atoms with van der Waals surface area (Å²) in [6, 6.07) is 7.02. The van der Waals surface area contributed by atoms with Crippen LogP contribution in [0.2, 0.25) is 0 Å². The predicted molar refractivity (Wildman–Crippen MR) is 65.5 cm³/mol. The maximum absolute atomic E-state index is 5.78. The summed E-state index contributed by atoms with van der Waals surface area (Å²) in [5.41, 5.74) is 9.51. The molecule has 1 aromatic heterocycles. The first-order chi connectivity index (χ1) is 7.81. The average Bonchev–Trinajstić information content (AvgIpc) is 3.07. The summed E-state index contributed by atoms with van der Waals surface area (Å²) in [7, 11) is 0. The Morgan fingerprint density at radius 1 is 1.50 bits per heavy atom. The molecule has 0 amide bonds. The first-order valence-electron chi connectivity index (χ1n) is 5.96. The molecule has 0 radical (unpaired) electrons. The number of para-hydroxylation sites is 1. The van der Waals surface area contributed by atoms with Gasteiger partial charge in [-0.1, -0.05) is 19.1 Å². The minimum absolute atomic E-state index is 0.401. The van der Waals surface area contributed by atoms with Crippen LogP contribution in [0.4, 0.5) is 0 Å². The van der Waals surface area contributed by atoms with E-state index in [9.17, 15) is 0 Å². The monoisotopic (exact) mass is 215 g/mol. The Balaban J connectivity index is 2.21. The highest BCUT2D eigenvalue weighted by Gasteiger charge is 2.26. The van der Waals surface area contributed by atoms with Gasteiger partial charge >= 0.3 is 0 Å². The summed E-state index contributed by atoms with van der Waals surface area (Å²) in [4.78, 5) is 4.48. The van der Waals surface area contributed by atoms with Gasteiger partial charge < -0.3 is 10.3 Å². The molecular formula is C13H17N3. The van der Waals surface area contributed by atoms with Gasteiger partial charge in [0.25, 0.3) is 0 Å². The fourth-order valence-corrected chi connectivity index (χ4v) is 2.27. The normalized spacial score (nSPS) is 17.9. The number of benzene rings is 1. The fourth-order valence-electron chi connectivity index (χ4n) is 2.27. The molecule has 84 valence electrons. The third-order valence-corrected chi connectivity index (χ3v) is 3.45. The summed E-state index contributed by atoms with van der Waals surface area (Å²) in [5, 5.41) is 0. The number of nitrogens with two attached hydrogens (primary N) is 1. The van der Waals surface area contributed by atoms with Gasteiger partial charge in [0.1, 0.15) is 0 Å². The van der Waals surface area contributed by atoms with E-state index in [0.717, 1.165) is 5.52 Å². The van der Waals surface area contributed by atoms with Crippen molar-refractivity contribution in [1.82, 2.24) is 9.55 Å². The smallest absolute Gasteiger partial charge is 0.0961 e. The molecule has 0 bridgehead atoms. The Morgan fingerprint density at radius 2 is 2.31 bits per heavy atom. The van der Waals surface area contributed by atoms with E-state index in [1.165, 1.54) is 23.9 Å². The van der Waals surface area contributed by atoms with Crippen molar-refractivity contribution in [3.8, 4) is 0 Å². The van der Waals surface area contributed by atoms with E-state index in [0.29, 0.717) is 18.5 Å². The molecule has 2 aromatic rings. The van der Waals surface area contributed by atoms with Crippen molar-refractivity contribution >= 4 is 11.0 Å². The lowest BCUT2D eigenvalue weighted by atomic mass is 10.00. The average molecular weight is 215 g/mol. The predicted octanol–water partition coefficient (Wildman–Crippen LogP) is 2.43. The number of fused-ring (bicyclic) bond motifs is 1. The molecule has 0 aliphatic heterocycles. The molecular weight excluding hydrogens is 198 g/mol. The Morgan fingerprint density at radius 3 is 3.00 bits per heavy atom. The Bertz CT molecular complexity index is 511. The molecule has 2 N–H and O–H groups in total. The van der Waals surface area contributed by atoms with Crippen LogP contribution in [-0.4, -0.2) is 16.1 Å². The maximum atomic E-state index is 5.78. The molecule has 1 heterocycles. The van der Waals surface area contributed by atoms with Crippen LogP contribution in [0.25, 0.3) is 11.0 Å². The fraction of sp³-hybridized carbons (Fsp3) is 0.462. The van der Waals surface area contributed by atoms with Crippen molar-refractivity contribution < 1.29 is 0 Å². The second-order valence-electron chi connectivity index (χ2n) is 4.73. The molecule has 1 unspecified atom stereocenters. The van der Waals surface area contributed by atoms with Crippen LogP contribution >= 0.6 is 0 Å². The lowest BCUT2D eigenvalue weighted by Crippen LogP contribution is -2.10. The SMILES string of the molecule is CC(CN)c1cccc2ncn(C3CC3)c12. The largest absolute Gasteiger partial charge is 0.330 e. The van der Waals surface area contributed by atoms with Crippen LogP contribution < -0.4 is 5.73 Å². The third kappa shape index (κ3) is 1.43. The van der Waals surface area contributed by atoms with E-state index < -0.39 is 0 Å². The number of rotatable bonds is 3. The summed E-state index contributed by atoms with van der Waals surface area (Å²) in [6.07, 6.45) is 4.56. The van der Waals surface area contributed by atoms with Crippen molar-refractivity contribution in [3.63, 3.8) is 0 Å². The standard InChI is InChI=1S/C13H17N3/c1-9(7-14)11-3-2-4-12-13(11)16(8-15-12)10-5-6-10/h2-4,8-10H,5-7,14H2,1H3. The quantitative estimate of drug-likeness (QED) is 0.854. The highest BCUT2D eigenvalue weighted by molar-refractivity contribution is 5.80. The van der Waals surface area contributed by atoms with E-state index in [-0.39, 0.29) is 0 Å². The highest BCUT2D eigenvalue weighted by Crippen LogP contribution is 2.38. The van der Waals surface area contributed by atoms with Crippen molar-refractivity contribution in [2.45, 2.75) is 31.7 Å². The zero-order valence-electron chi connectivity index (χ0n) is 9.56.